The van der Waals surface area contributed by atoms with E-state index in [9.17, 15) is 25.2 Å². The lowest BCUT2D eigenvalue weighted by Crippen LogP contribution is -2.55. The highest BCUT2D eigenvalue weighted by Crippen LogP contribution is 2.37. The van der Waals surface area contributed by atoms with Gasteiger partial charge < -0.3 is 39.5 Å². The highest BCUT2D eigenvalue weighted by molar-refractivity contribution is 5.73. The van der Waals surface area contributed by atoms with E-state index in [-0.39, 0.29) is 24.5 Å². The number of aliphatic hydroxyl groups is 4. The van der Waals surface area contributed by atoms with E-state index in [2.05, 4.69) is 11.8 Å². The zero-order valence-electron chi connectivity index (χ0n) is 26.1. The molecule has 39 heavy (non-hydrogen) atoms. The molecule has 2 aliphatic heterocycles. The van der Waals surface area contributed by atoms with Crippen LogP contribution >= 0.6 is 0 Å². The molecule has 9 nitrogen and oxygen atoms in total. The number of hydrogen-bond donors (Lipinski definition) is 4. The molecule has 4 N–H and O–H groups in total. The SMILES string of the molecule is CC[C@H]1OC(=O)[C@H](C)[C@@H](OC2CC(N(C)C)C(C)C(C)O2)[C@H](C)[C@@H](O)[C@](C)(O)C[C@@H](C)C(O)[C@H](C)[C@@H](O)[C@H]1C. The minimum atomic E-state index is -1.58. The maximum absolute atomic E-state index is 13.5. The van der Waals surface area contributed by atoms with Crippen molar-refractivity contribution in [3.63, 3.8) is 0 Å². The number of esters is 1. The van der Waals surface area contributed by atoms with Crippen LogP contribution < -0.4 is 0 Å². The van der Waals surface area contributed by atoms with Gasteiger partial charge in [0.05, 0.1) is 42.0 Å². The normalized spacial score (nSPS) is 49.4. The van der Waals surface area contributed by atoms with Crippen LogP contribution in [0.4, 0.5) is 0 Å². The van der Waals surface area contributed by atoms with Gasteiger partial charge >= 0.3 is 5.97 Å². The van der Waals surface area contributed by atoms with Gasteiger partial charge in [-0.1, -0.05) is 41.5 Å². The summed E-state index contributed by atoms with van der Waals surface area (Å²) >= 11 is 0. The van der Waals surface area contributed by atoms with Crippen molar-refractivity contribution in [1.29, 1.82) is 0 Å². The third-order valence-corrected chi connectivity index (χ3v) is 9.83. The van der Waals surface area contributed by atoms with E-state index in [1.807, 2.05) is 41.8 Å². The largest absolute Gasteiger partial charge is 0.462 e. The number of rotatable bonds is 4. The zero-order chi connectivity index (χ0) is 30.0. The Bertz CT molecular complexity index is 778. The molecular weight excluding hydrogens is 502 g/mol. The summed E-state index contributed by atoms with van der Waals surface area (Å²) in [5, 5.41) is 45.0. The van der Waals surface area contributed by atoms with E-state index in [0.717, 1.165) is 0 Å². The van der Waals surface area contributed by atoms with Gasteiger partial charge in [-0.15, -0.1) is 0 Å². The summed E-state index contributed by atoms with van der Waals surface area (Å²) in [6.07, 6.45) is -3.97. The summed E-state index contributed by atoms with van der Waals surface area (Å²) in [7, 11) is 4.05. The molecule has 2 saturated heterocycles. The predicted octanol–water partition coefficient (Wildman–Crippen LogP) is 2.81. The van der Waals surface area contributed by atoms with Crippen LogP contribution in [0.1, 0.15) is 81.6 Å². The molecule has 2 heterocycles. The average molecular weight is 560 g/mol. The van der Waals surface area contributed by atoms with Crippen LogP contribution in [0.25, 0.3) is 0 Å². The Kier molecular flexibility index (Phi) is 12.3. The van der Waals surface area contributed by atoms with Crippen LogP contribution in [0.3, 0.4) is 0 Å². The van der Waals surface area contributed by atoms with Crippen LogP contribution in [-0.2, 0) is 19.0 Å². The monoisotopic (exact) mass is 559 g/mol. The van der Waals surface area contributed by atoms with E-state index in [0.29, 0.717) is 12.8 Å². The molecule has 5 unspecified atom stereocenters. The van der Waals surface area contributed by atoms with Crippen molar-refractivity contribution in [2.24, 2.45) is 35.5 Å². The number of carbonyl (C=O) groups excluding carboxylic acids is 1. The molecule has 0 aromatic rings. The molecule has 2 rings (SSSR count). The topological polar surface area (TPSA) is 129 Å². The summed E-state index contributed by atoms with van der Waals surface area (Å²) in [4.78, 5) is 15.7. The fourth-order valence-electron chi connectivity index (χ4n) is 6.80. The molecule has 0 aliphatic carbocycles. The first-order valence-electron chi connectivity index (χ1n) is 14.9. The predicted molar refractivity (Wildman–Crippen MR) is 150 cm³/mol. The Morgan fingerprint density at radius 2 is 1.54 bits per heavy atom. The number of carbonyl (C=O) groups is 1. The van der Waals surface area contributed by atoms with Gasteiger partial charge in [0, 0.05) is 30.2 Å². The van der Waals surface area contributed by atoms with Crippen molar-refractivity contribution in [3.05, 3.63) is 0 Å². The summed E-state index contributed by atoms with van der Waals surface area (Å²) in [6, 6.07) is 0.207. The van der Waals surface area contributed by atoms with E-state index in [1.165, 1.54) is 0 Å². The van der Waals surface area contributed by atoms with Gasteiger partial charge in [0.15, 0.2) is 6.29 Å². The summed E-state index contributed by atoms with van der Waals surface area (Å²) in [5.74, 6) is -3.01. The number of nitrogens with zero attached hydrogens (tertiary/aromatic N) is 1. The van der Waals surface area contributed by atoms with Gasteiger partial charge in [-0.2, -0.15) is 0 Å². The molecule has 15 atom stereocenters. The Balaban J connectivity index is 2.47. The lowest BCUT2D eigenvalue weighted by atomic mass is 9.74. The number of aliphatic hydroxyl groups excluding tert-OH is 3. The molecular formula is C30H57NO8. The molecule has 9 heteroatoms. The second-order valence-electron chi connectivity index (χ2n) is 13.2. The molecule has 0 amide bonds. The zero-order valence-corrected chi connectivity index (χ0v) is 26.1. The lowest BCUT2D eigenvalue weighted by molar-refractivity contribution is -0.259. The third kappa shape index (κ3) is 7.93. The highest BCUT2D eigenvalue weighted by atomic mass is 16.7. The Hall–Kier alpha value is -0.810. The van der Waals surface area contributed by atoms with Gasteiger partial charge in [-0.3, -0.25) is 4.79 Å². The maximum atomic E-state index is 13.5. The first-order valence-corrected chi connectivity index (χ1v) is 14.9. The molecule has 0 bridgehead atoms. The number of cyclic esters (lactones) is 1. The third-order valence-electron chi connectivity index (χ3n) is 9.83. The van der Waals surface area contributed by atoms with Gasteiger partial charge in [0.2, 0.25) is 0 Å². The van der Waals surface area contributed by atoms with Crippen LogP contribution in [0.15, 0.2) is 0 Å². The van der Waals surface area contributed by atoms with Gasteiger partial charge in [-0.25, -0.2) is 0 Å². The van der Waals surface area contributed by atoms with Crippen molar-refractivity contribution in [2.45, 2.75) is 136 Å². The van der Waals surface area contributed by atoms with Gasteiger partial charge in [-0.05, 0) is 59.5 Å². The first kappa shape index (κ1) is 34.4. The Morgan fingerprint density at radius 1 is 0.949 bits per heavy atom. The molecule has 0 aromatic carbocycles. The molecule has 2 fully saturated rings. The van der Waals surface area contributed by atoms with Crippen LogP contribution in [0, 0.1) is 35.5 Å². The van der Waals surface area contributed by atoms with E-state index < -0.39 is 78.0 Å². The molecule has 0 radical (unpaired) electrons. The minimum Gasteiger partial charge on any atom is -0.462 e. The van der Waals surface area contributed by atoms with Crippen molar-refractivity contribution < 1.29 is 39.4 Å². The minimum absolute atomic E-state index is 0.0728. The van der Waals surface area contributed by atoms with E-state index in [4.69, 9.17) is 14.2 Å². The summed E-state index contributed by atoms with van der Waals surface area (Å²) < 4.78 is 18.7. The first-order chi connectivity index (χ1) is 17.9. The molecule has 230 valence electrons. The molecule has 0 spiro atoms. The van der Waals surface area contributed by atoms with E-state index >= 15 is 0 Å². The Labute approximate surface area is 236 Å². The second-order valence-corrected chi connectivity index (χ2v) is 13.2. The second kappa shape index (κ2) is 13.9. The Morgan fingerprint density at radius 3 is 2.08 bits per heavy atom. The van der Waals surface area contributed by atoms with Crippen molar-refractivity contribution in [2.75, 3.05) is 14.1 Å². The van der Waals surface area contributed by atoms with Crippen molar-refractivity contribution >= 4 is 5.97 Å². The quantitative estimate of drug-likeness (QED) is 0.384. The van der Waals surface area contributed by atoms with Crippen molar-refractivity contribution in [3.8, 4) is 0 Å². The highest BCUT2D eigenvalue weighted by Gasteiger charge is 2.47. The molecule has 0 saturated carbocycles. The van der Waals surface area contributed by atoms with Crippen LogP contribution in [0.5, 0.6) is 0 Å². The standard InChI is InChI=1S/C30H57NO8/c1-12-23-17(4)26(33)18(5)25(32)15(2)14-30(9,36)28(34)19(6)27(20(7)29(35)38-23)39-24-13-22(31(10)11)16(3)21(8)37-24/h15-28,32-34,36H,12-14H2,1-11H3/t15-,16?,17+,18+,19+,20-,21?,22?,23-,24?,25?,26+,27+,28-,30-/m1/s1. The molecule has 0 aromatic heterocycles. The van der Waals surface area contributed by atoms with E-state index in [1.54, 1.807) is 27.7 Å². The van der Waals surface area contributed by atoms with Crippen LogP contribution in [0.2, 0.25) is 0 Å². The lowest BCUT2D eigenvalue weighted by Gasteiger charge is -2.45. The average Bonchev–Trinajstić information content (AvgIpc) is 2.87. The number of ether oxygens (including phenoxy) is 3. The van der Waals surface area contributed by atoms with Gasteiger partial charge in [0.1, 0.15) is 6.10 Å². The fourth-order valence-corrected chi connectivity index (χ4v) is 6.80. The van der Waals surface area contributed by atoms with Crippen LogP contribution in [-0.4, -0.2) is 99.9 Å². The summed E-state index contributed by atoms with van der Waals surface area (Å²) in [5.41, 5.74) is -1.58. The number of hydrogen-bond acceptors (Lipinski definition) is 9. The fraction of sp³-hybridized carbons (Fsp3) is 0.967. The van der Waals surface area contributed by atoms with Crippen molar-refractivity contribution in [1.82, 2.24) is 4.90 Å². The molecule has 2 aliphatic rings. The van der Waals surface area contributed by atoms with Gasteiger partial charge in [0.25, 0.3) is 0 Å². The maximum Gasteiger partial charge on any atom is 0.311 e. The summed E-state index contributed by atoms with van der Waals surface area (Å²) in [6.45, 7) is 16.5. The smallest absolute Gasteiger partial charge is 0.311 e.